The average Bonchev–Trinajstić information content (AvgIpc) is 2.83. The SMILES string of the molecule is COc1ccc(C2(c3ccc(OC)cc3F)C=Cc3c(ccc4ccccc34)O2)cc1. The molecule has 31 heavy (non-hydrogen) atoms. The van der Waals surface area contributed by atoms with Crippen LogP contribution in [0.4, 0.5) is 4.39 Å². The Labute approximate surface area is 180 Å². The highest BCUT2D eigenvalue weighted by atomic mass is 19.1. The van der Waals surface area contributed by atoms with Gasteiger partial charge in [0.25, 0.3) is 0 Å². The third-order valence-electron chi connectivity index (χ3n) is 5.78. The van der Waals surface area contributed by atoms with Crippen molar-refractivity contribution >= 4 is 16.8 Å². The topological polar surface area (TPSA) is 27.7 Å². The number of ether oxygens (including phenoxy) is 3. The molecule has 3 nitrogen and oxygen atoms in total. The van der Waals surface area contributed by atoms with Crippen molar-refractivity contribution in [1.82, 2.24) is 0 Å². The van der Waals surface area contributed by atoms with Crippen molar-refractivity contribution in [1.29, 1.82) is 0 Å². The Morgan fingerprint density at radius 3 is 2.29 bits per heavy atom. The van der Waals surface area contributed by atoms with Crippen LogP contribution in [0.25, 0.3) is 16.8 Å². The first kappa shape index (κ1) is 19.2. The first-order valence-electron chi connectivity index (χ1n) is 10.0. The van der Waals surface area contributed by atoms with E-state index in [0.29, 0.717) is 17.1 Å². The first-order chi connectivity index (χ1) is 15.1. The summed E-state index contributed by atoms with van der Waals surface area (Å²) in [4.78, 5) is 0. The molecule has 0 N–H and O–H groups in total. The lowest BCUT2D eigenvalue weighted by molar-refractivity contribution is 0.156. The second-order valence-electron chi connectivity index (χ2n) is 7.44. The van der Waals surface area contributed by atoms with Crippen molar-refractivity contribution in [2.24, 2.45) is 0 Å². The normalized spacial score (nSPS) is 17.1. The maximum atomic E-state index is 15.3. The molecule has 1 heterocycles. The number of fused-ring (bicyclic) bond motifs is 3. The second kappa shape index (κ2) is 7.47. The maximum absolute atomic E-state index is 15.3. The summed E-state index contributed by atoms with van der Waals surface area (Å²) in [5, 5.41) is 2.22. The lowest BCUT2D eigenvalue weighted by atomic mass is 9.82. The smallest absolute Gasteiger partial charge is 0.180 e. The molecule has 1 aliphatic heterocycles. The van der Waals surface area contributed by atoms with Gasteiger partial charge in [-0.2, -0.15) is 0 Å². The van der Waals surface area contributed by atoms with Gasteiger partial charge in [0.2, 0.25) is 0 Å². The van der Waals surface area contributed by atoms with Crippen LogP contribution in [-0.4, -0.2) is 14.2 Å². The first-order valence-corrected chi connectivity index (χ1v) is 10.0. The zero-order chi connectivity index (χ0) is 21.4. The zero-order valence-electron chi connectivity index (χ0n) is 17.3. The molecule has 1 unspecified atom stereocenters. The molecule has 4 heteroatoms. The number of benzene rings is 4. The molecule has 0 aromatic heterocycles. The minimum absolute atomic E-state index is 0.399. The fourth-order valence-electron chi connectivity index (χ4n) is 4.16. The third kappa shape index (κ3) is 3.12. The van der Waals surface area contributed by atoms with Crippen LogP contribution < -0.4 is 14.2 Å². The molecule has 0 fully saturated rings. The van der Waals surface area contributed by atoms with Gasteiger partial charge in [-0.25, -0.2) is 4.39 Å². The lowest BCUT2D eigenvalue weighted by Gasteiger charge is -2.36. The van der Waals surface area contributed by atoms with E-state index in [0.717, 1.165) is 27.6 Å². The Morgan fingerprint density at radius 1 is 0.806 bits per heavy atom. The standard InChI is InChI=1S/C27H21FO3/c1-29-20-10-8-19(9-11-20)27(24-13-12-21(30-2)17-25(24)28)16-15-23-22-6-4-3-5-18(22)7-14-26(23)31-27/h3-17H,1-2H3. The molecule has 0 amide bonds. The third-order valence-corrected chi connectivity index (χ3v) is 5.78. The number of halogens is 1. The van der Waals surface area contributed by atoms with E-state index in [1.807, 2.05) is 60.7 Å². The summed E-state index contributed by atoms with van der Waals surface area (Å²) in [5.41, 5.74) is 1.06. The molecule has 0 saturated heterocycles. The summed E-state index contributed by atoms with van der Waals surface area (Å²) in [7, 11) is 3.14. The van der Waals surface area contributed by atoms with Gasteiger partial charge in [-0.1, -0.05) is 42.5 Å². The van der Waals surface area contributed by atoms with Crippen molar-refractivity contribution in [3.63, 3.8) is 0 Å². The van der Waals surface area contributed by atoms with E-state index in [4.69, 9.17) is 14.2 Å². The molecule has 154 valence electrons. The van der Waals surface area contributed by atoms with Crippen molar-refractivity contribution in [2.75, 3.05) is 14.2 Å². The van der Waals surface area contributed by atoms with Gasteiger partial charge < -0.3 is 14.2 Å². The van der Waals surface area contributed by atoms with E-state index in [1.165, 1.54) is 13.2 Å². The van der Waals surface area contributed by atoms with Gasteiger partial charge in [-0.05, 0) is 53.3 Å². The molecule has 4 aromatic carbocycles. The highest BCUT2D eigenvalue weighted by Crippen LogP contribution is 2.45. The highest BCUT2D eigenvalue weighted by Gasteiger charge is 2.39. The summed E-state index contributed by atoms with van der Waals surface area (Å²) in [6.07, 6.45) is 3.95. The van der Waals surface area contributed by atoms with Gasteiger partial charge >= 0.3 is 0 Å². The predicted octanol–water partition coefficient (Wildman–Crippen LogP) is 6.35. The molecule has 5 rings (SSSR count). The summed E-state index contributed by atoms with van der Waals surface area (Å²) in [6, 6.07) is 24.5. The second-order valence-corrected chi connectivity index (χ2v) is 7.44. The van der Waals surface area contributed by atoms with Gasteiger partial charge in [0.05, 0.1) is 14.2 Å². The Kier molecular flexibility index (Phi) is 4.63. The van der Waals surface area contributed by atoms with Gasteiger partial charge in [0.1, 0.15) is 23.1 Å². The monoisotopic (exact) mass is 412 g/mol. The highest BCUT2D eigenvalue weighted by molar-refractivity contribution is 5.94. The predicted molar refractivity (Wildman–Crippen MR) is 120 cm³/mol. The van der Waals surface area contributed by atoms with Crippen LogP contribution in [0, 0.1) is 5.82 Å². The maximum Gasteiger partial charge on any atom is 0.180 e. The van der Waals surface area contributed by atoms with Crippen LogP contribution in [-0.2, 0) is 5.60 Å². The zero-order valence-corrected chi connectivity index (χ0v) is 17.3. The summed E-state index contributed by atoms with van der Waals surface area (Å²) >= 11 is 0. The number of rotatable bonds is 4. The molecule has 1 aliphatic rings. The van der Waals surface area contributed by atoms with E-state index in [1.54, 1.807) is 19.2 Å². The van der Waals surface area contributed by atoms with Crippen molar-refractivity contribution in [3.05, 3.63) is 107 Å². The van der Waals surface area contributed by atoms with Gasteiger partial charge in [0.15, 0.2) is 5.60 Å². The van der Waals surface area contributed by atoms with Crippen molar-refractivity contribution in [3.8, 4) is 17.2 Å². The van der Waals surface area contributed by atoms with Crippen molar-refractivity contribution < 1.29 is 18.6 Å². The summed E-state index contributed by atoms with van der Waals surface area (Å²) in [5.74, 6) is 1.48. The van der Waals surface area contributed by atoms with Crippen LogP contribution >= 0.6 is 0 Å². The Bertz CT molecular complexity index is 1290. The van der Waals surface area contributed by atoms with Crippen LogP contribution in [0.15, 0.2) is 84.9 Å². The minimum atomic E-state index is -1.13. The Balaban J connectivity index is 1.73. The fraction of sp³-hybridized carbons (Fsp3) is 0.111. The molecule has 0 saturated carbocycles. The molecular formula is C27H21FO3. The summed E-state index contributed by atoms with van der Waals surface area (Å²) < 4.78 is 32.4. The Hall–Kier alpha value is -3.79. The summed E-state index contributed by atoms with van der Waals surface area (Å²) in [6.45, 7) is 0. The number of hydrogen-bond donors (Lipinski definition) is 0. The molecular weight excluding hydrogens is 391 g/mol. The molecule has 4 aromatic rings. The van der Waals surface area contributed by atoms with E-state index in [-0.39, 0.29) is 0 Å². The van der Waals surface area contributed by atoms with E-state index >= 15 is 4.39 Å². The van der Waals surface area contributed by atoms with Gasteiger partial charge in [-0.15, -0.1) is 0 Å². The molecule has 1 atom stereocenters. The fourth-order valence-corrected chi connectivity index (χ4v) is 4.16. The van der Waals surface area contributed by atoms with Crippen LogP contribution in [0.1, 0.15) is 16.7 Å². The van der Waals surface area contributed by atoms with Crippen LogP contribution in [0.3, 0.4) is 0 Å². The number of hydrogen-bond acceptors (Lipinski definition) is 3. The van der Waals surface area contributed by atoms with E-state index in [2.05, 4.69) is 12.1 Å². The molecule has 0 aliphatic carbocycles. The molecule has 0 bridgehead atoms. The lowest BCUT2D eigenvalue weighted by Crippen LogP contribution is -2.35. The largest absolute Gasteiger partial charge is 0.497 e. The average molecular weight is 412 g/mol. The van der Waals surface area contributed by atoms with Crippen molar-refractivity contribution in [2.45, 2.75) is 5.60 Å². The number of methoxy groups -OCH3 is 2. The van der Waals surface area contributed by atoms with Crippen LogP contribution in [0.2, 0.25) is 0 Å². The molecule has 0 spiro atoms. The van der Waals surface area contributed by atoms with Crippen LogP contribution in [0.5, 0.6) is 17.2 Å². The van der Waals surface area contributed by atoms with E-state index < -0.39 is 11.4 Å². The minimum Gasteiger partial charge on any atom is -0.497 e. The van der Waals surface area contributed by atoms with Gasteiger partial charge in [-0.3, -0.25) is 0 Å². The van der Waals surface area contributed by atoms with E-state index in [9.17, 15) is 0 Å². The Morgan fingerprint density at radius 2 is 1.55 bits per heavy atom. The molecule has 0 radical (unpaired) electrons. The quantitative estimate of drug-likeness (QED) is 0.391. The van der Waals surface area contributed by atoms with Gasteiger partial charge in [0, 0.05) is 22.8 Å².